The summed E-state index contributed by atoms with van der Waals surface area (Å²) >= 11 is 0. The Kier molecular flexibility index (Phi) is 7.60. The summed E-state index contributed by atoms with van der Waals surface area (Å²) in [7, 11) is 0. The van der Waals surface area contributed by atoms with Gasteiger partial charge in [-0.1, -0.05) is 66.7 Å². The number of aliphatic hydroxyl groups excluding tert-OH is 1. The van der Waals surface area contributed by atoms with Crippen molar-refractivity contribution in [2.45, 2.75) is 12.1 Å². The number of ether oxygens (including phenoxy) is 1. The van der Waals surface area contributed by atoms with E-state index in [0.29, 0.717) is 19.8 Å². The van der Waals surface area contributed by atoms with Crippen molar-refractivity contribution in [3.8, 4) is 0 Å². The second kappa shape index (κ2) is 10.4. The Bertz CT molecular complexity index is 630. The van der Waals surface area contributed by atoms with Crippen molar-refractivity contribution < 1.29 is 9.84 Å². The molecule has 1 aliphatic heterocycles. The van der Waals surface area contributed by atoms with Crippen LogP contribution in [0.15, 0.2) is 73.3 Å². The zero-order valence-electron chi connectivity index (χ0n) is 15.9. The largest absolute Gasteiger partial charge is 0.389 e. The van der Waals surface area contributed by atoms with E-state index in [1.54, 1.807) is 6.08 Å². The van der Waals surface area contributed by atoms with Gasteiger partial charge in [-0.15, -0.1) is 6.58 Å². The van der Waals surface area contributed by atoms with E-state index in [1.807, 2.05) is 0 Å². The number of rotatable bonds is 9. The Balaban J connectivity index is 1.61. The maximum Gasteiger partial charge on any atom is 0.0900 e. The molecule has 27 heavy (non-hydrogen) atoms. The molecule has 2 aromatic rings. The Hall–Kier alpha value is -1.98. The summed E-state index contributed by atoms with van der Waals surface area (Å²) in [6, 6.07) is 21.7. The summed E-state index contributed by atoms with van der Waals surface area (Å²) in [5, 5.41) is 10.1. The molecule has 0 saturated carbocycles. The number of aliphatic hydroxyl groups is 1. The smallest absolute Gasteiger partial charge is 0.0900 e. The molecule has 1 saturated heterocycles. The highest BCUT2D eigenvalue weighted by atomic mass is 16.5. The van der Waals surface area contributed by atoms with Crippen LogP contribution in [-0.4, -0.2) is 66.9 Å². The van der Waals surface area contributed by atoms with Crippen LogP contribution in [0.4, 0.5) is 0 Å². The monoisotopic (exact) mass is 366 g/mol. The van der Waals surface area contributed by atoms with Gasteiger partial charge in [-0.05, 0) is 11.1 Å². The zero-order chi connectivity index (χ0) is 18.9. The summed E-state index contributed by atoms with van der Waals surface area (Å²) in [6.07, 6.45) is 1.26. The van der Waals surface area contributed by atoms with Crippen LogP contribution < -0.4 is 0 Å². The lowest BCUT2D eigenvalue weighted by molar-refractivity contribution is 0.0120. The predicted octanol–water partition coefficient (Wildman–Crippen LogP) is 2.96. The highest BCUT2D eigenvalue weighted by Gasteiger charge is 2.26. The fraction of sp³-hybridized carbons (Fsp3) is 0.391. The molecule has 144 valence electrons. The number of β-amino-alcohol motifs (C(OH)–C–C–N with tert-alkyl or cyclic N) is 1. The van der Waals surface area contributed by atoms with E-state index in [-0.39, 0.29) is 6.04 Å². The summed E-state index contributed by atoms with van der Waals surface area (Å²) < 4.78 is 5.36. The first-order valence-electron chi connectivity index (χ1n) is 9.71. The molecule has 1 atom stereocenters. The van der Waals surface area contributed by atoms with Crippen LogP contribution in [0.5, 0.6) is 0 Å². The van der Waals surface area contributed by atoms with Gasteiger partial charge in [-0.25, -0.2) is 0 Å². The lowest BCUT2D eigenvalue weighted by atomic mass is 9.96. The molecule has 3 rings (SSSR count). The van der Waals surface area contributed by atoms with Gasteiger partial charge >= 0.3 is 0 Å². The minimum atomic E-state index is -0.449. The van der Waals surface area contributed by atoms with E-state index in [9.17, 15) is 5.11 Å². The molecule has 0 amide bonds. The SMILES string of the molecule is C=CCOC[C@@H](O)CN1CCN(C(c2ccccc2)c2ccccc2)CC1. The molecule has 0 aliphatic carbocycles. The van der Waals surface area contributed by atoms with Gasteiger partial charge in [0.15, 0.2) is 0 Å². The van der Waals surface area contributed by atoms with Crippen LogP contribution in [0.1, 0.15) is 17.2 Å². The molecular formula is C23H30N2O2. The van der Waals surface area contributed by atoms with Crippen LogP contribution in [0, 0.1) is 0 Å². The van der Waals surface area contributed by atoms with Gasteiger partial charge in [0.25, 0.3) is 0 Å². The third-order valence-corrected chi connectivity index (χ3v) is 5.02. The number of hydrogen-bond donors (Lipinski definition) is 1. The van der Waals surface area contributed by atoms with Crippen LogP contribution in [0.3, 0.4) is 0 Å². The van der Waals surface area contributed by atoms with E-state index >= 15 is 0 Å². The van der Waals surface area contributed by atoms with Crippen molar-refractivity contribution in [1.29, 1.82) is 0 Å². The van der Waals surface area contributed by atoms with Crippen LogP contribution >= 0.6 is 0 Å². The van der Waals surface area contributed by atoms with Crippen LogP contribution in [0.25, 0.3) is 0 Å². The molecule has 4 heteroatoms. The van der Waals surface area contributed by atoms with Crippen molar-refractivity contribution in [2.75, 3.05) is 45.9 Å². The van der Waals surface area contributed by atoms with Gasteiger partial charge in [0.2, 0.25) is 0 Å². The summed E-state index contributed by atoms with van der Waals surface area (Å²) in [6.45, 7) is 9.00. The quantitative estimate of drug-likeness (QED) is 0.547. The van der Waals surface area contributed by atoms with Crippen molar-refractivity contribution in [3.05, 3.63) is 84.4 Å². The lowest BCUT2D eigenvalue weighted by Gasteiger charge is -2.40. The third-order valence-electron chi connectivity index (χ3n) is 5.02. The molecule has 1 heterocycles. The Morgan fingerprint density at radius 3 is 2.00 bits per heavy atom. The van der Waals surface area contributed by atoms with Crippen molar-refractivity contribution in [3.63, 3.8) is 0 Å². The van der Waals surface area contributed by atoms with Gasteiger partial charge in [0.05, 0.1) is 25.4 Å². The average Bonchev–Trinajstić information content (AvgIpc) is 2.71. The Labute approximate surface area is 162 Å². The molecular weight excluding hydrogens is 336 g/mol. The second-order valence-corrected chi connectivity index (χ2v) is 7.04. The van der Waals surface area contributed by atoms with Crippen molar-refractivity contribution in [1.82, 2.24) is 9.80 Å². The Morgan fingerprint density at radius 2 is 1.48 bits per heavy atom. The highest BCUT2D eigenvalue weighted by molar-refractivity contribution is 5.31. The fourth-order valence-corrected chi connectivity index (χ4v) is 3.73. The van der Waals surface area contributed by atoms with E-state index in [1.165, 1.54) is 11.1 Å². The molecule has 0 bridgehead atoms. The minimum absolute atomic E-state index is 0.274. The standard InChI is InChI=1S/C23H30N2O2/c1-2-17-27-19-22(26)18-24-13-15-25(16-14-24)23(20-9-5-3-6-10-20)21-11-7-4-8-12-21/h2-12,22-23,26H,1,13-19H2/t22-/m0/s1. The predicted molar refractivity (Wildman–Crippen MR) is 110 cm³/mol. The zero-order valence-corrected chi connectivity index (χ0v) is 15.9. The molecule has 1 N–H and O–H groups in total. The first-order chi connectivity index (χ1) is 13.3. The first-order valence-corrected chi connectivity index (χ1v) is 9.71. The fourth-order valence-electron chi connectivity index (χ4n) is 3.73. The summed E-state index contributed by atoms with van der Waals surface area (Å²) in [5.41, 5.74) is 2.66. The van der Waals surface area contributed by atoms with Crippen LogP contribution in [-0.2, 0) is 4.74 Å². The summed E-state index contributed by atoms with van der Waals surface area (Å²) in [4.78, 5) is 4.87. The number of benzene rings is 2. The summed E-state index contributed by atoms with van der Waals surface area (Å²) in [5.74, 6) is 0. The van der Waals surface area contributed by atoms with E-state index in [4.69, 9.17) is 4.74 Å². The maximum atomic E-state index is 10.1. The highest BCUT2D eigenvalue weighted by Crippen LogP contribution is 2.29. The van der Waals surface area contributed by atoms with Gasteiger partial charge in [0.1, 0.15) is 0 Å². The number of nitrogens with zero attached hydrogens (tertiary/aromatic N) is 2. The van der Waals surface area contributed by atoms with Gasteiger partial charge < -0.3 is 9.84 Å². The van der Waals surface area contributed by atoms with E-state index < -0.39 is 6.10 Å². The van der Waals surface area contributed by atoms with Crippen molar-refractivity contribution in [2.24, 2.45) is 0 Å². The normalized spacial score (nSPS) is 17.1. The molecule has 0 radical (unpaired) electrons. The molecule has 1 fully saturated rings. The van der Waals surface area contributed by atoms with Crippen molar-refractivity contribution >= 4 is 0 Å². The minimum Gasteiger partial charge on any atom is -0.389 e. The molecule has 4 nitrogen and oxygen atoms in total. The topological polar surface area (TPSA) is 35.9 Å². The molecule has 2 aromatic carbocycles. The van der Waals surface area contributed by atoms with E-state index in [0.717, 1.165) is 26.2 Å². The molecule has 0 aromatic heterocycles. The molecule has 0 unspecified atom stereocenters. The van der Waals surface area contributed by atoms with Crippen LogP contribution in [0.2, 0.25) is 0 Å². The second-order valence-electron chi connectivity index (χ2n) is 7.04. The Morgan fingerprint density at radius 1 is 0.926 bits per heavy atom. The van der Waals surface area contributed by atoms with Gasteiger partial charge in [-0.3, -0.25) is 9.80 Å². The molecule has 1 aliphatic rings. The number of hydrogen-bond acceptors (Lipinski definition) is 4. The lowest BCUT2D eigenvalue weighted by Crippen LogP contribution is -2.50. The van der Waals surface area contributed by atoms with Gasteiger partial charge in [0, 0.05) is 32.7 Å². The molecule has 0 spiro atoms. The van der Waals surface area contributed by atoms with E-state index in [2.05, 4.69) is 77.0 Å². The third kappa shape index (κ3) is 5.75. The average molecular weight is 367 g/mol. The maximum absolute atomic E-state index is 10.1. The number of piperazine rings is 1. The van der Waals surface area contributed by atoms with Gasteiger partial charge in [-0.2, -0.15) is 0 Å². The first kappa shape index (κ1) is 19.8.